The molecule has 0 fully saturated rings. The molecule has 3 rings (SSSR count). The van der Waals surface area contributed by atoms with Crippen LogP contribution >= 0.6 is 11.8 Å². The molecule has 6 nitrogen and oxygen atoms in total. The third kappa shape index (κ3) is 13.8. The predicted molar refractivity (Wildman–Crippen MR) is 190 cm³/mol. The molecule has 0 unspecified atom stereocenters. The third-order valence-corrected chi connectivity index (χ3v) is 8.88. The molecule has 2 atom stereocenters. The van der Waals surface area contributed by atoms with Gasteiger partial charge in [-0.3, -0.25) is 9.59 Å². The van der Waals surface area contributed by atoms with Crippen LogP contribution in [-0.4, -0.2) is 40.4 Å². The first-order chi connectivity index (χ1) is 21.6. The van der Waals surface area contributed by atoms with Crippen LogP contribution in [0.25, 0.3) is 0 Å². The Morgan fingerprint density at radius 3 is 1.52 bits per heavy atom. The van der Waals surface area contributed by atoms with Gasteiger partial charge in [0.2, 0.25) is 5.91 Å². The van der Waals surface area contributed by atoms with Crippen molar-refractivity contribution in [3.05, 3.63) is 108 Å². The number of rotatable bonds is 15. The Bertz CT molecular complexity index is 1370. The number of ketones is 1. The van der Waals surface area contributed by atoms with E-state index in [-0.39, 0.29) is 40.1 Å². The highest BCUT2D eigenvalue weighted by Crippen LogP contribution is 2.44. The van der Waals surface area contributed by atoms with Gasteiger partial charge in [-0.15, -0.1) is 11.8 Å². The van der Waals surface area contributed by atoms with Gasteiger partial charge in [0.05, 0.1) is 11.8 Å². The molecular weight excluding hydrogens is 593 g/mol. The lowest BCUT2D eigenvalue weighted by Gasteiger charge is -2.40. The zero-order valence-electron chi connectivity index (χ0n) is 28.6. The molecule has 248 valence electrons. The first-order valence-electron chi connectivity index (χ1n) is 16.1. The summed E-state index contributed by atoms with van der Waals surface area (Å²) in [6.07, 6.45) is 1.83. The van der Waals surface area contributed by atoms with Crippen molar-refractivity contribution < 1.29 is 19.1 Å². The number of hydrogen-bond acceptors (Lipinski definition) is 5. The van der Waals surface area contributed by atoms with Crippen LogP contribution in [-0.2, 0) is 33.8 Å². The maximum absolute atomic E-state index is 14.0. The molecular formula is C39H52N2O4S. The summed E-state index contributed by atoms with van der Waals surface area (Å²) < 4.78 is 5.33. The van der Waals surface area contributed by atoms with Crippen molar-refractivity contribution in [3.8, 4) is 0 Å². The molecule has 0 bridgehead atoms. The number of carbonyl (C=O) groups is 3. The molecule has 0 radical (unpaired) electrons. The molecule has 2 amide bonds. The summed E-state index contributed by atoms with van der Waals surface area (Å²) in [5.74, 6) is -0.190. The second-order valence-electron chi connectivity index (χ2n) is 14.9. The topological polar surface area (TPSA) is 84.5 Å². The van der Waals surface area contributed by atoms with Gasteiger partial charge in [-0.25, -0.2) is 4.79 Å². The van der Waals surface area contributed by atoms with Gasteiger partial charge in [0.25, 0.3) is 0 Å². The molecule has 0 saturated carbocycles. The van der Waals surface area contributed by atoms with Gasteiger partial charge >= 0.3 is 6.09 Å². The monoisotopic (exact) mass is 644 g/mol. The lowest BCUT2D eigenvalue weighted by Crippen LogP contribution is -2.53. The third-order valence-electron chi connectivity index (χ3n) is 7.46. The van der Waals surface area contributed by atoms with Crippen molar-refractivity contribution in [3.63, 3.8) is 0 Å². The summed E-state index contributed by atoms with van der Waals surface area (Å²) in [4.78, 5) is 40.8. The standard InChI is InChI=1S/C39H52N2O4S/c1-37(2,3)27-39(7,28-38(4,5)6)46-26-34(42)32(23-29-17-11-8-12-18-29)40-35(43)33(24-30-19-13-9-14-20-30)41-36(44)45-25-31-21-15-10-16-22-31/h8-22,32-33H,23-28H2,1-7H3,(H,40,43)(H,41,44)/t32-,33-/m0/s1. The highest BCUT2D eigenvalue weighted by atomic mass is 32.2. The minimum absolute atomic E-state index is 0.0404. The number of nitrogens with one attached hydrogen (secondary N) is 2. The highest BCUT2D eigenvalue weighted by molar-refractivity contribution is 8.01. The number of thioether (sulfide) groups is 1. The maximum Gasteiger partial charge on any atom is 0.408 e. The Hall–Kier alpha value is -3.58. The number of benzene rings is 3. The summed E-state index contributed by atoms with van der Waals surface area (Å²) in [5, 5.41) is 5.79. The van der Waals surface area contributed by atoms with Gasteiger partial charge in [-0.1, -0.05) is 139 Å². The van der Waals surface area contributed by atoms with E-state index in [0.717, 1.165) is 29.5 Å². The molecule has 0 aliphatic carbocycles. The zero-order valence-corrected chi connectivity index (χ0v) is 29.4. The quantitative estimate of drug-likeness (QED) is 0.174. The molecule has 0 saturated heterocycles. The Kier molecular flexibility index (Phi) is 13.5. The number of carbonyl (C=O) groups excluding carboxylic acids is 3. The van der Waals surface area contributed by atoms with Crippen LogP contribution < -0.4 is 10.6 Å². The van der Waals surface area contributed by atoms with Gasteiger partial charge in [0.1, 0.15) is 12.6 Å². The molecule has 3 aromatic rings. The first kappa shape index (κ1) is 36.9. The minimum Gasteiger partial charge on any atom is -0.445 e. The van der Waals surface area contributed by atoms with E-state index in [2.05, 4.69) is 59.1 Å². The van der Waals surface area contributed by atoms with Gasteiger partial charge in [-0.05, 0) is 46.8 Å². The smallest absolute Gasteiger partial charge is 0.408 e. The van der Waals surface area contributed by atoms with Crippen LogP contribution in [0.2, 0.25) is 0 Å². The van der Waals surface area contributed by atoms with Crippen LogP contribution in [0.15, 0.2) is 91.0 Å². The lowest BCUT2D eigenvalue weighted by atomic mass is 9.77. The van der Waals surface area contributed by atoms with Crippen LogP contribution in [0.3, 0.4) is 0 Å². The molecule has 0 heterocycles. The number of amides is 2. The first-order valence-corrected chi connectivity index (χ1v) is 17.1. The molecule has 0 aliphatic rings. The summed E-state index contributed by atoms with van der Waals surface area (Å²) in [7, 11) is 0. The van der Waals surface area contributed by atoms with E-state index in [1.807, 2.05) is 91.0 Å². The Morgan fingerprint density at radius 1 is 0.630 bits per heavy atom. The van der Waals surface area contributed by atoms with Gasteiger partial charge in [-0.2, -0.15) is 0 Å². The minimum atomic E-state index is -0.934. The Morgan fingerprint density at radius 2 is 1.07 bits per heavy atom. The number of ether oxygens (including phenoxy) is 1. The molecule has 0 aliphatic heterocycles. The van der Waals surface area contributed by atoms with Crippen molar-refractivity contribution in [1.82, 2.24) is 10.6 Å². The van der Waals surface area contributed by atoms with E-state index < -0.39 is 24.1 Å². The van der Waals surface area contributed by atoms with Gasteiger partial charge < -0.3 is 15.4 Å². The van der Waals surface area contributed by atoms with Crippen LogP contribution in [0.5, 0.6) is 0 Å². The SMILES string of the molecule is CC(C)(C)CC(C)(CC(C)(C)C)SCC(=O)[C@H](Cc1ccccc1)NC(=O)[C@H](Cc1ccccc1)NC(=O)OCc1ccccc1. The molecule has 7 heteroatoms. The van der Waals surface area contributed by atoms with Crippen LogP contribution in [0.1, 0.15) is 78.0 Å². The van der Waals surface area contributed by atoms with Crippen molar-refractivity contribution >= 4 is 29.5 Å². The van der Waals surface area contributed by atoms with Crippen LogP contribution in [0, 0.1) is 10.8 Å². The van der Waals surface area contributed by atoms with E-state index in [1.54, 1.807) is 11.8 Å². The number of Topliss-reactive ketones (excluding diaryl/α,β-unsaturated/α-hetero) is 1. The fourth-order valence-electron chi connectivity index (χ4n) is 6.09. The van der Waals surface area contributed by atoms with Crippen LogP contribution in [0.4, 0.5) is 4.79 Å². The normalized spacial score (nSPS) is 13.4. The molecule has 0 spiro atoms. The van der Waals surface area contributed by atoms with Crippen molar-refractivity contribution in [2.75, 3.05) is 5.75 Å². The fraction of sp³-hybridized carbons (Fsp3) is 0.462. The highest BCUT2D eigenvalue weighted by Gasteiger charge is 2.36. The van der Waals surface area contributed by atoms with Crippen molar-refractivity contribution in [2.24, 2.45) is 10.8 Å². The second kappa shape index (κ2) is 16.8. The average molecular weight is 645 g/mol. The molecule has 46 heavy (non-hydrogen) atoms. The average Bonchev–Trinajstić information content (AvgIpc) is 2.98. The molecule has 3 aromatic carbocycles. The van der Waals surface area contributed by atoms with Gasteiger partial charge in [0, 0.05) is 11.2 Å². The largest absolute Gasteiger partial charge is 0.445 e. The summed E-state index contributed by atoms with van der Waals surface area (Å²) in [6.45, 7) is 15.8. The predicted octanol–water partition coefficient (Wildman–Crippen LogP) is 8.19. The lowest BCUT2D eigenvalue weighted by molar-refractivity contribution is -0.128. The molecule has 0 aromatic heterocycles. The van der Waals surface area contributed by atoms with Gasteiger partial charge in [0.15, 0.2) is 5.78 Å². The van der Waals surface area contributed by atoms with Crippen molar-refractivity contribution in [1.29, 1.82) is 0 Å². The Balaban J connectivity index is 1.80. The van der Waals surface area contributed by atoms with E-state index in [0.29, 0.717) is 6.42 Å². The van der Waals surface area contributed by atoms with E-state index >= 15 is 0 Å². The van der Waals surface area contributed by atoms with E-state index in [4.69, 9.17) is 4.74 Å². The second-order valence-corrected chi connectivity index (χ2v) is 16.4. The summed E-state index contributed by atoms with van der Waals surface area (Å²) >= 11 is 1.69. The number of hydrogen-bond donors (Lipinski definition) is 2. The van der Waals surface area contributed by atoms with Crippen molar-refractivity contribution in [2.45, 2.75) is 97.6 Å². The summed E-state index contributed by atoms with van der Waals surface area (Å²) in [5.41, 5.74) is 2.87. The zero-order chi connectivity index (χ0) is 33.8. The summed E-state index contributed by atoms with van der Waals surface area (Å²) in [6, 6.07) is 26.9. The number of alkyl carbamates (subject to hydrolysis) is 1. The Labute approximate surface area is 280 Å². The maximum atomic E-state index is 14.0. The van der Waals surface area contributed by atoms with E-state index in [9.17, 15) is 14.4 Å². The fourth-order valence-corrected chi connectivity index (χ4v) is 7.85. The van der Waals surface area contributed by atoms with E-state index in [1.165, 1.54) is 0 Å². The molecule has 2 N–H and O–H groups in total.